The zero-order valence-electron chi connectivity index (χ0n) is 13.4. The minimum Gasteiger partial charge on any atom is -0.481 e. The van der Waals surface area contributed by atoms with Crippen LogP contribution in [0.25, 0.3) is 10.8 Å². The molecule has 0 aromatic heterocycles. The van der Waals surface area contributed by atoms with Gasteiger partial charge in [-0.2, -0.15) is 0 Å². The highest BCUT2D eigenvalue weighted by atomic mass is 32.2. The Balaban J connectivity index is 1.63. The van der Waals surface area contributed by atoms with Crippen LogP contribution in [-0.2, 0) is 14.8 Å². The number of carboxylic acids is 1. The average Bonchev–Trinajstić information content (AvgIpc) is 2.77. The molecule has 1 aliphatic rings. The Morgan fingerprint density at radius 1 is 0.958 bits per heavy atom. The first kappa shape index (κ1) is 16.8. The second-order valence-electron chi connectivity index (χ2n) is 6.12. The van der Waals surface area contributed by atoms with Crippen LogP contribution in [0.2, 0.25) is 0 Å². The molecule has 0 saturated carbocycles. The predicted molar refractivity (Wildman–Crippen MR) is 93.8 cm³/mol. The third-order valence-electron chi connectivity index (χ3n) is 4.43. The van der Waals surface area contributed by atoms with Gasteiger partial charge < -0.3 is 5.11 Å². The molecular weight excluding hydrogens is 326 g/mol. The molecule has 0 radical (unpaired) electrons. The van der Waals surface area contributed by atoms with Crippen molar-refractivity contribution in [2.24, 2.45) is 0 Å². The molecule has 0 atom stereocenters. The number of anilines is 1. The third-order valence-corrected chi connectivity index (χ3v) is 6.29. The minimum absolute atomic E-state index is 0.206. The molecule has 1 heterocycles. The van der Waals surface area contributed by atoms with Gasteiger partial charge in [-0.1, -0.05) is 43.5 Å². The number of nitrogens with zero attached hydrogens (tertiary/aromatic N) is 1. The molecule has 24 heavy (non-hydrogen) atoms. The van der Waals surface area contributed by atoms with Crippen molar-refractivity contribution in [3.63, 3.8) is 0 Å². The summed E-state index contributed by atoms with van der Waals surface area (Å²) in [6.45, 7) is 0.467. The number of carboxylic acid groups (broad SMARTS) is 1. The lowest BCUT2D eigenvalue weighted by Crippen LogP contribution is -2.28. The van der Waals surface area contributed by atoms with Gasteiger partial charge in [0.25, 0.3) is 10.0 Å². The Bertz CT molecular complexity index is 855. The SMILES string of the molecule is O=C(O)CCCCCCCN1c2cccc3cccc(c23)S1(=O)=O. The molecule has 6 heteroatoms. The smallest absolute Gasteiger partial charge is 0.303 e. The maximum Gasteiger partial charge on any atom is 0.303 e. The minimum atomic E-state index is -3.45. The number of hydrogen-bond acceptors (Lipinski definition) is 3. The van der Waals surface area contributed by atoms with Crippen molar-refractivity contribution in [1.82, 2.24) is 0 Å². The second kappa shape index (κ2) is 6.81. The molecule has 128 valence electrons. The maximum atomic E-state index is 12.8. The van der Waals surface area contributed by atoms with Gasteiger partial charge in [-0.15, -0.1) is 0 Å². The summed E-state index contributed by atoms with van der Waals surface area (Å²) >= 11 is 0. The van der Waals surface area contributed by atoms with E-state index in [1.165, 1.54) is 4.31 Å². The van der Waals surface area contributed by atoms with Gasteiger partial charge in [0, 0.05) is 18.4 Å². The predicted octanol–water partition coefficient (Wildman–Crippen LogP) is 3.77. The van der Waals surface area contributed by atoms with E-state index in [0.717, 1.165) is 42.1 Å². The molecule has 0 unspecified atom stereocenters. The van der Waals surface area contributed by atoms with Crippen LogP contribution in [0.15, 0.2) is 41.3 Å². The van der Waals surface area contributed by atoms with Gasteiger partial charge in [-0.05, 0) is 30.4 Å². The molecule has 0 saturated heterocycles. The van der Waals surface area contributed by atoms with E-state index >= 15 is 0 Å². The standard InChI is InChI=1S/C18H21NO4S/c20-17(21)12-4-2-1-3-5-13-19-15-10-6-8-14-9-7-11-16(18(14)15)24(19,22)23/h6-11H,1-5,12-13H2,(H,20,21). The Labute approximate surface area is 142 Å². The molecule has 5 nitrogen and oxygen atoms in total. The monoisotopic (exact) mass is 347 g/mol. The second-order valence-corrected chi connectivity index (χ2v) is 7.95. The van der Waals surface area contributed by atoms with E-state index in [1.54, 1.807) is 12.1 Å². The first-order valence-corrected chi connectivity index (χ1v) is 9.72. The topological polar surface area (TPSA) is 74.7 Å². The van der Waals surface area contributed by atoms with Crippen LogP contribution in [0.5, 0.6) is 0 Å². The Morgan fingerprint density at radius 2 is 1.62 bits per heavy atom. The van der Waals surface area contributed by atoms with Crippen molar-refractivity contribution in [1.29, 1.82) is 0 Å². The summed E-state index contributed by atoms with van der Waals surface area (Å²) in [6, 6.07) is 11.1. The van der Waals surface area contributed by atoms with Crippen LogP contribution >= 0.6 is 0 Å². The van der Waals surface area contributed by atoms with E-state index in [1.807, 2.05) is 24.3 Å². The zero-order chi connectivity index (χ0) is 17.2. The fourth-order valence-corrected chi connectivity index (χ4v) is 5.01. The number of aliphatic carboxylic acids is 1. The van der Waals surface area contributed by atoms with Gasteiger partial charge >= 0.3 is 5.97 Å². The normalized spacial score (nSPS) is 15.1. The largest absolute Gasteiger partial charge is 0.481 e. The van der Waals surface area contributed by atoms with Gasteiger partial charge in [-0.3, -0.25) is 9.10 Å². The van der Waals surface area contributed by atoms with E-state index < -0.39 is 16.0 Å². The first-order chi connectivity index (χ1) is 11.5. The lowest BCUT2D eigenvalue weighted by atomic mass is 10.1. The highest BCUT2D eigenvalue weighted by molar-refractivity contribution is 7.93. The summed E-state index contributed by atoms with van der Waals surface area (Å²) in [7, 11) is -3.45. The Kier molecular flexibility index (Phi) is 4.76. The molecule has 1 N–H and O–H groups in total. The van der Waals surface area contributed by atoms with E-state index in [2.05, 4.69) is 0 Å². The third kappa shape index (κ3) is 3.11. The molecule has 0 bridgehead atoms. The fraction of sp³-hybridized carbons (Fsp3) is 0.389. The highest BCUT2D eigenvalue weighted by Crippen LogP contribution is 2.41. The van der Waals surface area contributed by atoms with Crippen molar-refractivity contribution < 1.29 is 18.3 Å². The van der Waals surface area contributed by atoms with Crippen LogP contribution in [-0.4, -0.2) is 26.0 Å². The van der Waals surface area contributed by atoms with Gasteiger partial charge in [0.05, 0.1) is 10.6 Å². The van der Waals surface area contributed by atoms with Crippen molar-refractivity contribution in [3.05, 3.63) is 36.4 Å². The van der Waals surface area contributed by atoms with Gasteiger partial charge in [0.15, 0.2) is 0 Å². The summed E-state index contributed by atoms with van der Waals surface area (Å²) in [4.78, 5) is 10.9. The number of unbranched alkanes of at least 4 members (excludes halogenated alkanes) is 4. The zero-order valence-corrected chi connectivity index (χ0v) is 14.3. The van der Waals surface area contributed by atoms with Crippen LogP contribution in [0.1, 0.15) is 38.5 Å². The molecule has 0 fully saturated rings. The van der Waals surface area contributed by atoms with Gasteiger partial charge in [-0.25, -0.2) is 8.42 Å². The fourth-order valence-electron chi connectivity index (χ4n) is 3.26. The van der Waals surface area contributed by atoms with Crippen LogP contribution in [0.3, 0.4) is 0 Å². The van der Waals surface area contributed by atoms with Crippen LogP contribution in [0.4, 0.5) is 5.69 Å². The van der Waals surface area contributed by atoms with Crippen LogP contribution in [0, 0.1) is 0 Å². The molecule has 3 rings (SSSR count). The molecule has 1 aliphatic heterocycles. The van der Waals surface area contributed by atoms with Crippen LogP contribution < -0.4 is 4.31 Å². The van der Waals surface area contributed by atoms with E-state index in [-0.39, 0.29) is 6.42 Å². The lowest BCUT2D eigenvalue weighted by molar-refractivity contribution is -0.137. The van der Waals surface area contributed by atoms with Crippen molar-refractivity contribution in [2.45, 2.75) is 43.4 Å². The summed E-state index contributed by atoms with van der Waals surface area (Å²) in [5, 5.41) is 10.4. The lowest BCUT2D eigenvalue weighted by Gasteiger charge is -2.18. The summed E-state index contributed by atoms with van der Waals surface area (Å²) in [5.41, 5.74) is 0.772. The first-order valence-electron chi connectivity index (χ1n) is 8.28. The summed E-state index contributed by atoms with van der Waals surface area (Å²) in [6.07, 6.45) is 4.36. The summed E-state index contributed by atoms with van der Waals surface area (Å²) in [5.74, 6) is -0.760. The van der Waals surface area contributed by atoms with E-state index in [0.29, 0.717) is 17.9 Å². The van der Waals surface area contributed by atoms with Gasteiger partial charge in [0.1, 0.15) is 0 Å². The molecule has 2 aromatic carbocycles. The molecule has 0 spiro atoms. The Morgan fingerprint density at radius 3 is 2.38 bits per heavy atom. The van der Waals surface area contributed by atoms with Crippen molar-refractivity contribution >= 4 is 32.5 Å². The van der Waals surface area contributed by atoms with Crippen molar-refractivity contribution in [2.75, 3.05) is 10.8 Å². The molecule has 2 aromatic rings. The van der Waals surface area contributed by atoms with E-state index in [9.17, 15) is 13.2 Å². The number of sulfonamides is 1. The Hall–Kier alpha value is -2.08. The van der Waals surface area contributed by atoms with Gasteiger partial charge in [0.2, 0.25) is 0 Å². The molecule has 0 aliphatic carbocycles. The van der Waals surface area contributed by atoms with Crippen molar-refractivity contribution in [3.8, 4) is 0 Å². The molecular formula is C18H21NO4S. The number of benzene rings is 2. The number of rotatable bonds is 8. The quantitative estimate of drug-likeness (QED) is 0.738. The number of hydrogen-bond donors (Lipinski definition) is 1. The molecule has 0 amide bonds. The average molecular weight is 347 g/mol. The van der Waals surface area contributed by atoms with E-state index in [4.69, 9.17) is 5.11 Å². The maximum absolute atomic E-state index is 12.8. The number of carbonyl (C=O) groups is 1. The highest BCUT2D eigenvalue weighted by Gasteiger charge is 2.34. The summed E-state index contributed by atoms with van der Waals surface area (Å²) < 4.78 is 27.0.